The molecule has 0 saturated carbocycles. The number of amides is 1. The summed E-state index contributed by atoms with van der Waals surface area (Å²) in [6, 6.07) is 11.9. The summed E-state index contributed by atoms with van der Waals surface area (Å²) in [6.07, 6.45) is 3.12. The first-order chi connectivity index (χ1) is 14.4. The maximum atomic E-state index is 13.2. The molecule has 1 unspecified atom stereocenters. The molecule has 1 aliphatic rings. The molecule has 0 bridgehead atoms. The van der Waals surface area contributed by atoms with Gasteiger partial charge in [-0.1, -0.05) is 30.3 Å². The highest BCUT2D eigenvalue weighted by Gasteiger charge is 2.43. The number of nitrogens with one attached hydrogen (secondary N) is 1. The molecule has 1 aromatic heterocycles. The molecular weight excluding hydrogens is 388 g/mol. The fourth-order valence-electron chi connectivity index (χ4n) is 3.29. The molecule has 156 valence electrons. The van der Waals surface area contributed by atoms with E-state index in [4.69, 9.17) is 4.89 Å². The molecule has 0 spiro atoms. The molecule has 0 radical (unpaired) electrons. The second-order valence-corrected chi connectivity index (χ2v) is 6.51. The minimum atomic E-state index is -0.943. The van der Waals surface area contributed by atoms with E-state index in [1.165, 1.54) is 11.2 Å². The van der Waals surface area contributed by atoms with Crippen LogP contribution in [0.2, 0.25) is 0 Å². The molecule has 1 N–H and O–H groups in total. The largest absolute Gasteiger partial charge is 0.386 e. The van der Waals surface area contributed by atoms with Gasteiger partial charge in [0.1, 0.15) is 5.70 Å². The number of hydrogen-bond donors (Lipinski definition) is 1. The Morgan fingerprint density at radius 2 is 1.87 bits per heavy atom. The lowest BCUT2D eigenvalue weighted by Crippen LogP contribution is -2.53. The second-order valence-electron chi connectivity index (χ2n) is 6.51. The van der Waals surface area contributed by atoms with Gasteiger partial charge in [0.25, 0.3) is 5.91 Å². The molecule has 0 saturated heterocycles. The second kappa shape index (κ2) is 9.19. The lowest BCUT2D eigenvalue weighted by atomic mass is 9.94. The number of likely N-dealkylation sites (N-methyl/N-ethyl adjacent to an activating group) is 2. The quantitative estimate of drug-likeness (QED) is 0.592. The van der Waals surface area contributed by atoms with Crippen molar-refractivity contribution >= 4 is 23.5 Å². The SMILES string of the molecule is CCN1C(=O)C(Nc2cccnc2)=C(C(=O)OOC(C)=O)C(c2ccccc2)N1C. The van der Waals surface area contributed by atoms with Crippen molar-refractivity contribution in [2.45, 2.75) is 19.9 Å². The number of aromatic nitrogens is 1. The van der Waals surface area contributed by atoms with Crippen LogP contribution in [0, 0.1) is 0 Å². The van der Waals surface area contributed by atoms with Gasteiger partial charge in [0.05, 0.1) is 23.5 Å². The predicted octanol–water partition coefficient (Wildman–Crippen LogP) is 2.22. The van der Waals surface area contributed by atoms with Crippen molar-refractivity contribution in [1.82, 2.24) is 15.0 Å². The van der Waals surface area contributed by atoms with Gasteiger partial charge in [-0.05, 0) is 24.6 Å². The van der Waals surface area contributed by atoms with Crippen molar-refractivity contribution in [3.63, 3.8) is 0 Å². The number of rotatable bonds is 5. The summed E-state index contributed by atoms with van der Waals surface area (Å²) in [4.78, 5) is 50.6. The number of anilines is 1. The monoisotopic (exact) mass is 410 g/mol. The molecule has 9 heteroatoms. The van der Waals surface area contributed by atoms with E-state index in [1.54, 1.807) is 30.4 Å². The molecule has 2 aromatic rings. The highest BCUT2D eigenvalue weighted by molar-refractivity contribution is 6.06. The van der Waals surface area contributed by atoms with Gasteiger partial charge in [0.2, 0.25) is 0 Å². The summed E-state index contributed by atoms with van der Waals surface area (Å²) in [7, 11) is 1.71. The third-order valence-electron chi connectivity index (χ3n) is 4.55. The van der Waals surface area contributed by atoms with Gasteiger partial charge in [-0.2, -0.15) is 0 Å². The molecule has 0 fully saturated rings. The number of hydrazine groups is 1. The molecule has 2 heterocycles. The average Bonchev–Trinajstić information content (AvgIpc) is 2.75. The van der Waals surface area contributed by atoms with E-state index in [0.29, 0.717) is 12.2 Å². The zero-order chi connectivity index (χ0) is 21.7. The topological polar surface area (TPSA) is 101 Å². The number of carbonyl (C=O) groups excluding carboxylic acids is 3. The van der Waals surface area contributed by atoms with E-state index in [9.17, 15) is 14.4 Å². The maximum Gasteiger partial charge on any atom is 0.386 e. The molecule has 3 rings (SSSR count). The van der Waals surface area contributed by atoms with Crippen molar-refractivity contribution in [2.75, 3.05) is 18.9 Å². The highest BCUT2D eigenvalue weighted by atomic mass is 17.2. The fraction of sp³-hybridized carbons (Fsp3) is 0.238. The molecule has 1 amide bonds. The Hall–Kier alpha value is -3.72. The Labute approximate surface area is 173 Å². The van der Waals surface area contributed by atoms with Crippen LogP contribution in [0.25, 0.3) is 0 Å². The van der Waals surface area contributed by atoms with Crippen LogP contribution in [-0.4, -0.2) is 46.4 Å². The van der Waals surface area contributed by atoms with Gasteiger partial charge >= 0.3 is 11.9 Å². The Balaban J connectivity index is 2.17. The number of pyridine rings is 1. The first-order valence-electron chi connectivity index (χ1n) is 9.34. The molecular formula is C21H22N4O5. The Bertz CT molecular complexity index is 962. The molecule has 1 aliphatic heterocycles. The first-order valence-corrected chi connectivity index (χ1v) is 9.34. The number of benzene rings is 1. The lowest BCUT2D eigenvalue weighted by molar-refractivity contribution is -0.254. The Morgan fingerprint density at radius 1 is 1.13 bits per heavy atom. The standard InChI is InChI=1S/C21H22N4O5/c1-4-25-20(27)18(23-16-11-8-12-22-13-16)17(21(28)30-29-14(2)26)19(24(25)3)15-9-6-5-7-10-15/h5-13,19,23H,4H2,1-3H3. The van der Waals surface area contributed by atoms with Crippen molar-refractivity contribution in [2.24, 2.45) is 0 Å². The zero-order valence-corrected chi connectivity index (χ0v) is 16.9. The summed E-state index contributed by atoms with van der Waals surface area (Å²) in [5.74, 6) is -2.15. The minimum Gasteiger partial charge on any atom is -0.349 e. The van der Waals surface area contributed by atoms with Gasteiger partial charge in [-0.3, -0.25) is 14.8 Å². The molecule has 0 aliphatic carbocycles. The number of nitrogens with zero attached hydrogens (tertiary/aromatic N) is 3. The number of carbonyl (C=O) groups is 3. The summed E-state index contributed by atoms with van der Waals surface area (Å²) in [6.45, 7) is 3.32. The third-order valence-corrected chi connectivity index (χ3v) is 4.55. The van der Waals surface area contributed by atoms with Crippen molar-refractivity contribution in [3.05, 3.63) is 71.7 Å². The van der Waals surface area contributed by atoms with Gasteiger partial charge in [0, 0.05) is 26.7 Å². The Kier molecular flexibility index (Phi) is 6.43. The van der Waals surface area contributed by atoms with Crippen molar-refractivity contribution in [3.8, 4) is 0 Å². The van der Waals surface area contributed by atoms with E-state index in [2.05, 4.69) is 15.2 Å². The molecule has 9 nitrogen and oxygen atoms in total. The van der Waals surface area contributed by atoms with E-state index in [1.807, 2.05) is 37.3 Å². The van der Waals surface area contributed by atoms with Gasteiger partial charge in [-0.15, -0.1) is 0 Å². The lowest BCUT2D eigenvalue weighted by Gasteiger charge is -2.42. The van der Waals surface area contributed by atoms with Crippen LogP contribution in [0.4, 0.5) is 5.69 Å². The van der Waals surface area contributed by atoms with E-state index >= 15 is 0 Å². The Morgan fingerprint density at radius 3 is 2.47 bits per heavy atom. The number of hydrogen-bond acceptors (Lipinski definition) is 8. The molecule has 1 atom stereocenters. The van der Waals surface area contributed by atoms with Crippen LogP contribution in [0.5, 0.6) is 0 Å². The van der Waals surface area contributed by atoms with E-state index in [0.717, 1.165) is 12.5 Å². The van der Waals surface area contributed by atoms with Crippen molar-refractivity contribution in [1.29, 1.82) is 0 Å². The molecule has 1 aromatic carbocycles. The summed E-state index contributed by atoms with van der Waals surface area (Å²) < 4.78 is 0. The minimum absolute atomic E-state index is 0.0171. The maximum absolute atomic E-state index is 13.2. The van der Waals surface area contributed by atoms with E-state index in [-0.39, 0.29) is 11.3 Å². The van der Waals surface area contributed by atoms with E-state index < -0.39 is 23.9 Å². The summed E-state index contributed by atoms with van der Waals surface area (Å²) in [5.41, 5.74) is 1.31. The van der Waals surface area contributed by atoms with Crippen LogP contribution < -0.4 is 5.32 Å². The summed E-state index contributed by atoms with van der Waals surface area (Å²) >= 11 is 0. The van der Waals surface area contributed by atoms with Gasteiger partial charge in [0.15, 0.2) is 0 Å². The van der Waals surface area contributed by atoms with Gasteiger partial charge < -0.3 is 5.32 Å². The van der Waals surface area contributed by atoms with Gasteiger partial charge in [-0.25, -0.2) is 24.4 Å². The predicted molar refractivity (Wildman–Crippen MR) is 107 cm³/mol. The molecule has 30 heavy (non-hydrogen) atoms. The van der Waals surface area contributed by atoms with Crippen LogP contribution in [0.15, 0.2) is 66.1 Å². The average molecular weight is 410 g/mol. The third kappa shape index (κ3) is 4.31. The highest BCUT2D eigenvalue weighted by Crippen LogP contribution is 2.36. The summed E-state index contributed by atoms with van der Waals surface area (Å²) in [5, 5.41) is 6.17. The van der Waals surface area contributed by atoms with Crippen LogP contribution in [0.1, 0.15) is 25.5 Å². The normalized spacial score (nSPS) is 17.0. The van der Waals surface area contributed by atoms with Crippen molar-refractivity contribution < 1.29 is 24.2 Å². The smallest absolute Gasteiger partial charge is 0.349 e. The van der Waals surface area contributed by atoms with Crippen LogP contribution in [0.3, 0.4) is 0 Å². The first kappa shape index (κ1) is 21.0. The van der Waals surface area contributed by atoms with Crippen LogP contribution in [-0.2, 0) is 24.2 Å². The fourth-order valence-corrected chi connectivity index (χ4v) is 3.29. The zero-order valence-electron chi connectivity index (χ0n) is 16.9. The van der Waals surface area contributed by atoms with Crippen LogP contribution >= 0.6 is 0 Å².